The molecule has 0 fully saturated rings. The third-order valence-electron chi connectivity index (χ3n) is 3.20. The minimum Gasteiger partial charge on any atom is -0.294 e. The lowest BCUT2D eigenvalue weighted by Gasteiger charge is -2.26. The molecule has 0 unspecified atom stereocenters. The van der Waals surface area contributed by atoms with Gasteiger partial charge in [0.1, 0.15) is 0 Å². The van der Waals surface area contributed by atoms with E-state index in [1.165, 1.54) is 6.92 Å². The molecular weight excluding hydrogens is 252 g/mol. The van der Waals surface area contributed by atoms with Gasteiger partial charge in [0.15, 0.2) is 16.6 Å². The van der Waals surface area contributed by atoms with E-state index in [1.54, 1.807) is 54.6 Å². The van der Waals surface area contributed by atoms with E-state index in [0.29, 0.717) is 5.56 Å². The Kier molecular flexibility index (Phi) is 4.22. The van der Waals surface area contributed by atoms with Crippen LogP contribution < -0.4 is 0 Å². The molecule has 1 rings (SSSR count). The number of hydrogen-bond donors (Lipinski definition) is 0. The number of nitrogens with zero attached hydrogens (tertiary/aromatic N) is 4. The summed E-state index contributed by atoms with van der Waals surface area (Å²) in [6, 6.07) is 14.8. The van der Waals surface area contributed by atoms with Crippen molar-refractivity contribution in [2.75, 3.05) is 0 Å². The van der Waals surface area contributed by atoms with Gasteiger partial charge in [0.05, 0.1) is 24.3 Å². The molecule has 20 heavy (non-hydrogen) atoms. The molecule has 1 aromatic carbocycles. The van der Waals surface area contributed by atoms with E-state index < -0.39 is 23.0 Å². The van der Waals surface area contributed by atoms with Crippen LogP contribution in [0.5, 0.6) is 0 Å². The SMILES string of the molecule is CC(C#N)(C#N)C(C#N)(C#N)CC(=O)c1ccccc1. The van der Waals surface area contributed by atoms with Crippen molar-refractivity contribution in [1.29, 1.82) is 21.0 Å². The third-order valence-corrected chi connectivity index (χ3v) is 3.20. The van der Waals surface area contributed by atoms with Crippen LogP contribution in [0.3, 0.4) is 0 Å². The first kappa shape index (κ1) is 14.9. The van der Waals surface area contributed by atoms with Crippen LogP contribution in [0.2, 0.25) is 0 Å². The second-order valence-electron chi connectivity index (χ2n) is 4.44. The molecule has 0 radical (unpaired) electrons. The zero-order chi connectivity index (χ0) is 15.2. The lowest BCUT2D eigenvalue weighted by molar-refractivity contribution is 0.0933. The molecular formula is C15H10N4O. The summed E-state index contributed by atoms with van der Waals surface area (Å²) in [5.74, 6) is -0.453. The van der Waals surface area contributed by atoms with Gasteiger partial charge in [-0.15, -0.1) is 0 Å². The smallest absolute Gasteiger partial charge is 0.182 e. The Bertz CT molecular complexity index is 652. The third kappa shape index (κ3) is 2.35. The molecule has 0 aliphatic heterocycles. The first-order valence-corrected chi connectivity index (χ1v) is 5.72. The van der Waals surface area contributed by atoms with Crippen LogP contribution >= 0.6 is 0 Å². The Labute approximate surface area is 116 Å². The quantitative estimate of drug-likeness (QED) is 0.773. The number of carbonyl (C=O) groups excluding carboxylic acids is 1. The molecule has 0 atom stereocenters. The van der Waals surface area contributed by atoms with Gasteiger partial charge < -0.3 is 0 Å². The highest BCUT2D eigenvalue weighted by atomic mass is 16.1. The van der Waals surface area contributed by atoms with Gasteiger partial charge in [0.25, 0.3) is 0 Å². The normalized spacial score (nSPS) is 10.4. The van der Waals surface area contributed by atoms with E-state index >= 15 is 0 Å². The number of benzene rings is 1. The van der Waals surface area contributed by atoms with Gasteiger partial charge in [-0.3, -0.25) is 4.79 Å². The van der Waals surface area contributed by atoms with E-state index in [0.717, 1.165) is 0 Å². The first-order valence-electron chi connectivity index (χ1n) is 5.72. The van der Waals surface area contributed by atoms with Crippen LogP contribution in [0.15, 0.2) is 30.3 Å². The van der Waals surface area contributed by atoms with Crippen molar-refractivity contribution in [3.8, 4) is 24.3 Å². The molecule has 0 N–H and O–H groups in total. The minimum absolute atomic E-state index is 0.334. The number of carbonyl (C=O) groups is 1. The number of rotatable bonds is 4. The predicted molar refractivity (Wildman–Crippen MR) is 68.4 cm³/mol. The average Bonchev–Trinajstić information content (AvgIpc) is 2.52. The Balaban J connectivity index is 3.24. The Morgan fingerprint density at radius 3 is 1.90 bits per heavy atom. The van der Waals surface area contributed by atoms with Gasteiger partial charge >= 0.3 is 0 Å². The van der Waals surface area contributed by atoms with Crippen LogP contribution in [0, 0.1) is 56.2 Å². The highest BCUT2D eigenvalue weighted by Crippen LogP contribution is 2.41. The van der Waals surface area contributed by atoms with Gasteiger partial charge in [-0.1, -0.05) is 30.3 Å². The fraction of sp³-hybridized carbons (Fsp3) is 0.267. The van der Waals surface area contributed by atoms with Crippen molar-refractivity contribution in [3.63, 3.8) is 0 Å². The van der Waals surface area contributed by atoms with Crippen molar-refractivity contribution in [1.82, 2.24) is 0 Å². The van der Waals surface area contributed by atoms with Crippen molar-refractivity contribution < 1.29 is 4.79 Å². The molecule has 5 heteroatoms. The van der Waals surface area contributed by atoms with Crippen molar-refractivity contribution >= 4 is 5.78 Å². The average molecular weight is 262 g/mol. The fourth-order valence-electron chi connectivity index (χ4n) is 1.69. The molecule has 0 heterocycles. The molecule has 0 amide bonds. The maximum absolute atomic E-state index is 12.1. The van der Waals surface area contributed by atoms with Gasteiger partial charge in [-0.25, -0.2) is 0 Å². The first-order chi connectivity index (χ1) is 9.48. The van der Waals surface area contributed by atoms with Crippen LogP contribution in [0.4, 0.5) is 0 Å². The molecule has 0 saturated carbocycles. The van der Waals surface area contributed by atoms with Gasteiger partial charge in [0, 0.05) is 12.0 Å². The van der Waals surface area contributed by atoms with Crippen LogP contribution in [0.1, 0.15) is 23.7 Å². The molecule has 0 aliphatic carbocycles. The van der Waals surface area contributed by atoms with E-state index in [4.69, 9.17) is 10.5 Å². The maximum atomic E-state index is 12.1. The predicted octanol–water partition coefficient (Wildman–Crippen LogP) is 2.35. The second kappa shape index (κ2) is 5.66. The molecule has 1 aromatic rings. The summed E-state index contributed by atoms with van der Waals surface area (Å²) in [6.45, 7) is 1.19. The summed E-state index contributed by atoms with van der Waals surface area (Å²) in [5.41, 5.74) is -3.54. The molecule has 96 valence electrons. The zero-order valence-corrected chi connectivity index (χ0v) is 10.8. The van der Waals surface area contributed by atoms with Crippen LogP contribution in [0.25, 0.3) is 0 Å². The molecule has 0 saturated heterocycles. The zero-order valence-electron chi connectivity index (χ0n) is 10.8. The topological polar surface area (TPSA) is 112 Å². The summed E-state index contributed by atoms with van der Waals surface area (Å²) in [5, 5.41) is 36.6. The molecule has 0 aliphatic rings. The molecule has 0 spiro atoms. The number of Topliss-reactive ketones (excluding diaryl/α,β-unsaturated/α-hetero) is 1. The summed E-state index contributed by atoms with van der Waals surface area (Å²) in [7, 11) is 0. The van der Waals surface area contributed by atoms with E-state index in [1.807, 2.05) is 0 Å². The highest BCUT2D eigenvalue weighted by Gasteiger charge is 2.52. The van der Waals surface area contributed by atoms with Gasteiger partial charge in [-0.05, 0) is 6.92 Å². The molecule has 0 aromatic heterocycles. The second-order valence-corrected chi connectivity index (χ2v) is 4.44. The van der Waals surface area contributed by atoms with Gasteiger partial charge in [0.2, 0.25) is 0 Å². The summed E-state index contributed by atoms with van der Waals surface area (Å²) >= 11 is 0. The van der Waals surface area contributed by atoms with Crippen molar-refractivity contribution in [3.05, 3.63) is 35.9 Å². The standard InChI is InChI=1S/C15H10N4O/c1-14(8-16,9-17)15(10-18,11-19)7-13(20)12-5-3-2-4-6-12/h2-6H,7H2,1H3. The van der Waals surface area contributed by atoms with Gasteiger partial charge in [-0.2, -0.15) is 21.0 Å². The minimum atomic E-state index is -2.00. The lowest BCUT2D eigenvalue weighted by Crippen LogP contribution is -2.37. The largest absolute Gasteiger partial charge is 0.294 e. The Hall–Kier alpha value is -3.15. The highest BCUT2D eigenvalue weighted by molar-refractivity contribution is 5.97. The Morgan fingerprint density at radius 2 is 1.50 bits per heavy atom. The van der Waals surface area contributed by atoms with Crippen molar-refractivity contribution in [2.45, 2.75) is 13.3 Å². The fourth-order valence-corrected chi connectivity index (χ4v) is 1.69. The lowest BCUT2D eigenvalue weighted by atomic mass is 9.64. The molecule has 0 bridgehead atoms. The van der Waals surface area contributed by atoms with E-state index in [9.17, 15) is 15.3 Å². The number of hydrogen-bond acceptors (Lipinski definition) is 5. The van der Waals surface area contributed by atoms with E-state index in [2.05, 4.69) is 0 Å². The number of ketones is 1. The maximum Gasteiger partial charge on any atom is 0.182 e. The van der Waals surface area contributed by atoms with E-state index in [-0.39, 0.29) is 0 Å². The summed E-state index contributed by atoms with van der Waals surface area (Å²) in [4.78, 5) is 12.1. The van der Waals surface area contributed by atoms with Crippen LogP contribution in [-0.4, -0.2) is 5.78 Å². The monoisotopic (exact) mass is 262 g/mol. The Morgan fingerprint density at radius 1 is 1.00 bits per heavy atom. The summed E-state index contributed by atoms with van der Waals surface area (Å²) in [6.07, 6.45) is -0.498. The number of nitriles is 4. The summed E-state index contributed by atoms with van der Waals surface area (Å²) < 4.78 is 0. The molecule has 5 nitrogen and oxygen atoms in total. The van der Waals surface area contributed by atoms with Crippen LogP contribution in [-0.2, 0) is 0 Å². The van der Waals surface area contributed by atoms with Crippen molar-refractivity contribution in [2.24, 2.45) is 10.8 Å².